The predicted molar refractivity (Wildman–Crippen MR) is 117 cm³/mol. The zero-order valence-corrected chi connectivity index (χ0v) is 17.9. The van der Waals surface area contributed by atoms with E-state index in [1.54, 1.807) is 11.0 Å². The van der Waals surface area contributed by atoms with Crippen molar-refractivity contribution in [3.8, 4) is 11.4 Å². The Balaban J connectivity index is 1.17. The van der Waals surface area contributed by atoms with Gasteiger partial charge in [-0.15, -0.1) is 0 Å². The van der Waals surface area contributed by atoms with Crippen molar-refractivity contribution < 1.29 is 9.59 Å². The Hall–Kier alpha value is -3.00. The number of hydrogen-bond donors (Lipinski definition) is 1. The fraction of sp³-hybridized carbons (Fsp3) is 0.478. The van der Waals surface area contributed by atoms with Crippen molar-refractivity contribution in [3.63, 3.8) is 0 Å². The molecule has 8 nitrogen and oxygen atoms in total. The SMILES string of the molecule is Cn1cnc(-c2ccc(C3=CCN(C(=O)CN4CCC5(CCNC5=O)C4)CC3)cc2)n1. The topological polar surface area (TPSA) is 83.4 Å². The van der Waals surface area contributed by atoms with Gasteiger partial charge in [-0.2, -0.15) is 5.10 Å². The minimum atomic E-state index is -0.258. The summed E-state index contributed by atoms with van der Waals surface area (Å²) >= 11 is 0. The molecule has 3 aliphatic rings. The first-order valence-electron chi connectivity index (χ1n) is 11.0. The lowest BCUT2D eigenvalue weighted by Crippen LogP contribution is -2.42. The van der Waals surface area contributed by atoms with Crippen LogP contribution in [0.15, 0.2) is 36.7 Å². The summed E-state index contributed by atoms with van der Waals surface area (Å²) in [7, 11) is 1.86. The number of aromatic nitrogens is 3. The van der Waals surface area contributed by atoms with Crippen molar-refractivity contribution in [3.05, 3.63) is 42.2 Å². The van der Waals surface area contributed by atoms with E-state index in [0.717, 1.165) is 50.3 Å². The molecule has 31 heavy (non-hydrogen) atoms. The fourth-order valence-electron chi connectivity index (χ4n) is 4.95. The normalized spacial score (nSPS) is 24.0. The van der Waals surface area contributed by atoms with E-state index in [1.165, 1.54) is 11.1 Å². The van der Waals surface area contributed by atoms with E-state index in [2.05, 4.69) is 38.5 Å². The van der Waals surface area contributed by atoms with Gasteiger partial charge in [0.1, 0.15) is 6.33 Å². The van der Waals surface area contributed by atoms with Crippen molar-refractivity contribution in [2.45, 2.75) is 19.3 Å². The van der Waals surface area contributed by atoms with Crippen LogP contribution in [0.4, 0.5) is 0 Å². The molecule has 2 amide bonds. The van der Waals surface area contributed by atoms with Crippen molar-refractivity contribution in [1.29, 1.82) is 0 Å². The summed E-state index contributed by atoms with van der Waals surface area (Å²) < 4.78 is 1.70. The van der Waals surface area contributed by atoms with Gasteiger partial charge in [0.15, 0.2) is 5.82 Å². The van der Waals surface area contributed by atoms with Crippen molar-refractivity contribution in [2.24, 2.45) is 12.5 Å². The Morgan fingerprint density at radius 1 is 1.16 bits per heavy atom. The minimum absolute atomic E-state index is 0.155. The number of amides is 2. The van der Waals surface area contributed by atoms with Crippen LogP contribution in [-0.2, 0) is 16.6 Å². The van der Waals surface area contributed by atoms with Crippen LogP contribution in [0.25, 0.3) is 17.0 Å². The van der Waals surface area contributed by atoms with Crippen LogP contribution in [0.3, 0.4) is 0 Å². The number of nitrogens with one attached hydrogen (secondary N) is 1. The maximum absolute atomic E-state index is 12.8. The van der Waals surface area contributed by atoms with E-state index in [0.29, 0.717) is 19.6 Å². The smallest absolute Gasteiger partial charge is 0.237 e. The van der Waals surface area contributed by atoms with Crippen molar-refractivity contribution in [1.82, 2.24) is 29.9 Å². The van der Waals surface area contributed by atoms with Gasteiger partial charge in [-0.05, 0) is 36.9 Å². The van der Waals surface area contributed by atoms with Gasteiger partial charge in [0.05, 0.1) is 12.0 Å². The van der Waals surface area contributed by atoms with Gasteiger partial charge in [0, 0.05) is 38.8 Å². The van der Waals surface area contributed by atoms with E-state index in [1.807, 2.05) is 24.1 Å². The van der Waals surface area contributed by atoms with Crippen LogP contribution in [0.1, 0.15) is 24.8 Å². The van der Waals surface area contributed by atoms with E-state index >= 15 is 0 Å². The second kappa shape index (κ2) is 7.92. The number of aryl methyl sites for hydroxylation is 1. The molecule has 1 N–H and O–H groups in total. The molecule has 1 aromatic carbocycles. The van der Waals surface area contributed by atoms with Crippen LogP contribution < -0.4 is 5.32 Å². The predicted octanol–water partition coefficient (Wildman–Crippen LogP) is 1.31. The second-order valence-corrected chi connectivity index (χ2v) is 8.89. The summed E-state index contributed by atoms with van der Waals surface area (Å²) in [5.74, 6) is 1.04. The zero-order chi connectivity index (χ0) is 21.4. The average Bonchev–Trinajstić information content (AvgIpc) is 3.50. The lowest BCUT2D eigenvalue weighted by molar-refractivity contribution is -0.132. The molecule has 5 rings (SSSR count). The average molecular weight is 421 g/mol. The molecule has 1 spiro atoms. The Bertz CT molecular complexity index is 1030. The van der Waals surface area contributed by atoms with E-state index in [-0.39, 0.29) is 17.2 Å². The molecular formula is C23H28N6O2. The third-order valence-corrected chi connectivity index (χ3v) is 6.84. The number of carbonyl (C=O) groups is 2. The molecule has 0 bridgehead atoms. The molecule has 1 atom stereocenters. The Labute approximate surface area is 181 Å². The molecule has 1 aromatic heterocycles. The summed E-state index contributed by atoms with van der Waals surface area (Å²) in [6.07, 6.45) is 6.45. The lowest BCUT2D eigenvalue weighted by Gasteiger charge is -2.29. The van der Waals surface area contributed by atoms with Gasteiger partial charge in [-0.25, -0.2) is 4.98 Å². The number of benzene rings is 1. The quantitative estimate of drug-likeness (QED) is 0.806. The van der Waals surface area contributed by atoms with Crippen LogP contribution >= 0.6 is 0 Å². The second-order valence-electron chi connectivity index (χ2n) is 8.89. The number of nitrogens with zero attached hydrogens (tertiary/aromatic N) is 5. The van der Waals surface area contributed by atoms with Crippen LogP contribution in [0.5, 0.6) is 0 Å². The van der Waals surface area contributed by atoms with E-state index < -0.39 is 0 Å². The van der Waals surface area contributed by atoms with E-state index in [9.17, 15) is 9.59 Å². The van der Waals surface area contributed by atoms with Gasteiger partial charge >= 0.3 is 0 Å². The molecule has 0 aliphatic carbocycles. The summed E-state index contributed by atoms with van der Waals surface area (Å²) in [5.41, 5.74) is 3.19. The minimum Gasteiger partial charge on any atom is -0.356 e. The third kappa shape index (κ3) is 3.87. The molecule has 1 unspecified atom stereocenters. The number of carbonyl (C=O) groups excluding carboxylic acids is 2. The summed E-state index contributed by atoms with van der Waals surface area (Å²) in [4.78, 5) is 33.3. The van der Waals surface area contributed by atoms with Gasteiger partial charge in [-0.3, -0.25) is 19.2 Å². The third-order valence-electron chi connectivity index (χ3n) is 6.84. The van der Waals surface area contributed by atoms with E-state index in [4.69, 9.17) is 0 Å². The largest absolute Gasteiger partial charge is 0.356 e. The highest BCUT2D eigenvalue weighted by Gasteiger charge is 2.47. The van der Waals surface area contributed by atoms with Crippen LogP contribution in [0.2, 0.25) is 0 Å². The first-order chi connectivity index (χ1) is 15.0. The Morgan fingerprint density at radius 2 is 1.97 bits per heavy atom. The number of hydrogen-bond acceptors (Lipinski definition) is 5. The highest BCUT2D eigenvalue weighted by Crippen LogP contribution is 2.37. The first-order valence-corrected chi connectivity index (χ1v) is 11.0. The van der Waals surface area contributed by atoms with Gasteiger partial charge in [0.25, 0.3) is 0 Å². The molecule has 3 aliphatic heterocycles. The molecule has 0 radical (unpaired) electrons. The fourth-order valence-corrected chi connectivity index (χ4v) is 4.95. The van der Waals surface area contributed by atoms with Crippen molar-refractivity contribution >= 4 is 17.4 Å². The maximum Gasteiger partial charge on any atom is 0.237 e. The molecule has 4 heterocycles. The molecule has 2 saturated heterocycles. The first kappa shape index (κ1) is 19.9. The zero-order valence-electron chi connectivity index (χ0n) is 17.9. The maximum atomic E-state index is 12.8. The number of likely N-dealkylation sites (tertiary alicyclic amines) is 1. The highest BCUT2D eigenvalue weighted by atomic mass is 16.2. The molecule has 2 fully saturated rings. The lowest BCUT2D eigenvalue weighted by atomic mass is 9.86. The molecule has 8 heteroatoms. The Kier molecular flexibility index (Phi) is 5.09. The highest BCUT2D eigenvalue weighted by molar-refractivity contribution is 5.86. The summed E-state index contributed by atoms with van der Waals surface area (Å²) in [6, 6.07) is 8.30. The standard InChI is InChI=1S/C23H28N6O2/c1-27-16-25-21(26-27)19-4-2-17(3-5-19)18-6-11-29(12-7-18)20(30)14-28-13-9-23(15-28)8-10-24-22(23)31/h2-6,16H,7-15H2,1H3,(H,24,31). The number of rotatable bonds is 4. The molecule has 2 aromatic rings. The van der Waals surface area contributed by atoms with Gasteiger partial charge in [-0.1, -0.05) is 30.3 Å². The van der Waals surface area contributed by atoms with Crippen molar-refractivity contribution in [2.75, 3.05) is 39.3 Å². The Morgan fingerprint density at radius 3 is 2.61 bits per heavy atom. The van der Waals surface area contributed by atoms with Gasteiger partial charge in [0.2, 0.25) is 11.8 Å². The summed E-state index contributed by atoms with van der Waals surface area (Å²) in [6.45, 7) is 4.07. The van der Waals surface area contributed by atoms with Gasteiger partial charge < -0.3 is 10.2 Å². The van der Waals surface area contributed by atoms with Crippen LogP contribution in [0, 0.1) is 5.41 Å². The van der Waals surface area contributed by atoms with Crippen LogP contribution in [-0.4, -0.2) is 75.6 Å². The summed E-state index contributed by atoms with van der Waals surface area (Å²) in [5, 5.41) is 7.29. The molecule has 0 saturated carbocycles. The molecule has 162 valence electrons. The molecular weight excluding hydrogens is 392 g/mol. The monoisotopic (exact) mass is 420 g/mol.